The van der Waals surface area contributed by atoms with Crippen molar-refractivity contribution in [1.82, 2.24) is 9.88 Å². The van der Waals surface area contributed by atoms with Gasteiger partial charge < -0.3 is 0 Å². The summed E-state index contributed by atoms with van der Waals surface area (Å²) >= 11 is 7.56. The number of rotatable bonds is 6. The minimum Gasteiger partial charge on any atom is -0.291 e. The number of alkyl halides is 1. The van der Waals surface area contributed by atoms with E-state index in [1.165, 1.54) is 24.4 Å². The fourth-order valence-electron chi connectivity index (χ4n) is 2.17. The Morgan fingerprint density at radius 3 is 2.65 bits per heavy atom. The molecule has 96 valence electrons. The lowest BCUT2D eigenvalue weighted by molar-refractivity contribution is 0.177. The normalized spacial score (nSPS) is 18.0. The van der Waals surface area contributed by atoms with Gasteiger partial charge in [0.05, 0.1) is 17.6 Å². The summed E-state index contributed by atoms with van der Waals surface area (Å²) in [5.41, 5.74) is 1.01. The molecule has 4 heteroatoms. The Bertz CT molecular complexity index is 360. The van der Waals surface area contributed by atoms with E-state index in [1.807, 2.05) is 0 Å². The lowest BCUT2D eigenvalue weighted by Crippen LogP contribution is -2.32. The number of hydrogen-bond donors (Lipinski definition) is 0. The van der Waals surface area contributed by atoms with Gasteiger partial charge in [-0.05, 0) is 25.7 Å². The van der Waals surface area contributed by atoms with Crippen molar-refractivity contribution in [3.63, 3.8) is 0 Å². The number of hydrogen-bond acceptors (Lipinski definition) is 3. The first kappa shape index (κ1) is 13.3. The molecule has 1 atom stereocenters. The molecule has 0 radical (unpaired) electrons. The number of halogens is 1. The second-order valence-electron chi connectivity index (χ2n) is 5.31. The second kappa shape index (κ2) is 5.68. The predicted octanol–water partition coefficient (Wildman–Crippen LogP) is 4.06. The molecule has 0 N–H and O–H groups in total. The van der Waals surface area contributed by atoms with Gasteiger partial charge in [-0.1, -0.05) is 13.8 Å². The maximum Gasteiger partial charge on any atom is 0.110 e. The van der Waals surface area contributed by atoms with Gasteiger partial charge in [-0.25, -0.2) is 4.98 Å². The van der Waals surface area contributed by atoms with Crippen molar-refractivity contribution in [3.05, 3.63) is 16.1 Å². The van der Waals surface area contributed by atoms with Crippen molar-refractivity contribution in [2.24, 2.45) is 5.92 Å². The molecule has 2 rings (SSSR count). The summed E-state index contributed by atoms with van der Waals surface area (Å²) in [4.78, 5) is 7.22. The lowest BCUT2D eigenvalue weighted by atomic mass is 10.1. The molecule has 0 spiro atoms. The topological polar surface area (TPSA) is 16.1 Å². The maximum atomic E-state index is 5.81. The van der Waals surface area contributed by atoms with Crippen LogP contribution < -0.4 is 0 Å². The van der Waals surface area contributed by atoms with Gasteiger partial charge in [0.25, 0.3) is 0 Å². The number of thiazole rings is 1. The minimum atomic E-state index is 0.437. The highest BCUT2D eigenvalue weighted by Crippen LogP contribution is 2.35. The van der Waals surface area contributed by atoms with E-state index in [0.717, 1.165) is 11.7 Å². The number of aromatic nitrogens is 1. The average Bonchev–Trinajstić information content (AvgIpc) is 3.02. The Hall–Kier alpha value is -0.120. The maximum absolute atomic E-state index is 5.81. The monoisotopic (exact) mass is 272 g/mol. The largest absolute Gasteiger partial charge is 0.291 e. The smallest absolute Gasteiger partial charge is 0.110 e. The number of nitrogens with zero attached hydrogens (tertiary/aromatic N) is 2. The zero-order chi connectivity index (χ0) is 12.4. The van der Waals surface area contributed by atoms with Crippen LogP contribution in [-0.2, 0) is 5.88 Å². The molecule has 0 aliphatic heterocycles. The van der Waals surface area contributed by atoms with E-state index in [4.69, 9.17) is 11.6 Å². The van der Waals surface area contributed by atoms with Crippen molar-refractivity contribution >= 4 is 22.9 Å². The van der Waals surface area contributed by atoms with Crippen molar-refractivity contribution < 1.29 is 0 Å². The average molecular weight is 273 g/mol. The van der Waals surface area contributed by atoms with Crippen LogP contribution in [0.5, 0.6) is 0 Å². The molecule has 0 aromatic carbocycles. The molecule has 0 bridgehead atoms. The van der Waals surface area contributed by atoms with Crippen molar-refractivity contribution in [2.75, 3.05) is 6.54 Å². The molecular formula is C13H21ClN2S. The minimum absolute atomic E-state index is 0.437. The van der Waals surface area contributed by atoms with Crippen LogP contribution in [0.3, 0.4) is 0 Å². The van der Waals surface area contributed by atoms with Gasteiger partial charge in [0.1, 0.15) is 5.01 Å². The first-order valence-corrected chi connectivity index (χ1v) is 7.79. The molecule has 1 aliphatic carbocycles. The summed E-state index contributed by atoms with van der Waals surface area (Å²) in [6.07, 6.45) is 2.70. The van der Waals surface area contributed by atoms with E-state index < -0.39 is 0 Å². The predicted molar refractivity (Wildman–Crippen MR) is 74.7 cm³/mol. The SMILES string of the molecule is CC(C)CN(C1CC1)C(C)c1nc(CCl)cs1. The quantitative estimate of drug-likeness (QED) is 0.726. The van der Waals surface area contributed by atoms with Gasteiger partial charge >= 0.3 is 0 Å². The van der Waals surface area contributed by atoms with Gasteiger partial charge in [-0.3, -0.25) is 4.90 Å². The van der Waals surface area contributed by atoms with Crippen molar-refractivity contribution in [1.29, 1.82) is 0 Å². The summed E-state index contributed by atoms with van der Waals surface area (Å²) < 4.78 is 0. The van der Waals surface area contributed by atoms with Crippen LogP contribution in [0.25, 0.3) is 0 Å². The summed E-state index contributed by atoms with van der Waals surface area (Å²) in [5, 5.41) is 3.30. The first-order valence-electron chi connectivity index (χ1n) is 6.37. The molecule has 0 saturated heterocycles. The molecule has 1 aliphatic rings. The van der Waals surface area contributed by atoms with Crippen LogP contribution in [-0.4, -0.2) is 22.5 Å². The highest BCUT2D eigenvalue weighted by atomic mass is 35.5. The van der Waals surface area contributed by atoms with Gasteiger partial charge in [0.2, 0.25) is 0 Å². The van der Waals surface area contributed by atoms with E-state index in [2.05, 4.69) is 36.0 Å². The second-order valence-corrected chi connectivity index (χ2v) is 6.47. The summed E-state index contributed by atoms with van der Waals surface area (Å²) in [5.74, 6) is 1.24. The fourth-order valence-corrected chi connectivity index (χ4v) is 3.29. The van der Waals surface area contributed by atoms with Crippen LogP contribution in [0.15, 0.2) is 5.38 Å². The standard InChI is InChI=1S/C13H21ClN2S/c1-9(2)7-16(12-4-5-12)10(3)13-15-11(6-14)8-17-13/h8-10,12H,4-7H2,1-3H3. The Balaban J connectivity index is 2.06. The van der Waals surface area contributed by atoms with E-state index in [-0.39, 0.29) is 0 Å². The zero-order valence-electron chi connectivity index (χ0n) is 10.8. The molecule has 1 aromatic rings. The third kappa shape index (κ3) is 3.43. The van der Waals surface area contributed by atoms with Crippen LogP contribution >= 0.6 is 22.9 Å². The molecule has 1 saturated carbocycles. The Kier molecular flexibility index (Phi) is 4.45. The molecule has 1 fully saturated rings. The van der Waals surface area contributed by atoms with E-state index in [1.54, 1.807) is 11.3 Å². The fraction of sp³-hybridized carbons (Fsp3) is 0.769. The van der Waals surface area contributed by atoms with E-state index >= 15 is 0 Å². The van der Waals surface area contributed by atoms with Crippen LogP contribution in [0.1, 0.15) is 50.4 Å². The van der Waals surface area contributed by atoms with Crippen LogP contribution in [0.4, 0.5) is 0 Å². The highest BCUT2D eigenvalue weighted by molar-refractivity contribution is 7.09. The Morgan fingerprint density at radius 2 is 2.18 bits per heavy atom. The van der Waals surface area contributed by atoms with E-state index in [0.29, 0.717) is 17.8 Å². The highest BCUT2D eigenvalue weighted by Gasteiger charge is 2.33. The van der Waals surface area contributed by atoms with Crippen LogP contribution in [0, 0.1) is 5.92 Å². The Labute approximate surface area is 113 Å². The molecule has 1 unspecified atom stereocenters. The van der Waals surface area contributed by atoms with E-state index in [9.17, 15) is 0 Å². The van der Waals surface area contributed by atoms with Crippen molar-refractivity contribution in [3.8, 4) is 0 Å². The third-order valence-corrected chi connectivity index (χ3v) is 4.49. The first-order chi connectivity index (χ1) is 8.11. The molecule has 1 aromatic heterocycles. The third-order valence-electron chi connectivity index (χ3n) is 3.15. The van der Waals surface area contributed by atoms with Gasteiger partial charge in [-0.2, -0.15) is 0 Å². The molecule has 1 heterocycles. The molecular weight excluding hydrogens is 252 g/mol. The molecule has 17 heavy (non-hydrogen) atoms. The lowest BCUT2D eigenvalue weighted by Gasteiger charge is -2.29. The Morgan fingerprint density at radius 1 is 1.47 bits per heavy atom. The van der Waals surface area contributed by atoms with Gasteiger partial charge in [0, 0.05) is 18.0 Å². The summed E-state index contributed by atoms with van der Waals surface area (Å²) in [6, 6.07) is 1.22. The van der Waals surface area contributed by atoms with Crippen LogP contribution in [0.2, 0.25) is 0 Å². The summed E-state index contributed by atoms with van der Waals surface area (Å²) in [6.45, 7) is 8.02. The molecule has 2 nitrogen and oxygen atoms in total. The van der Waals surface area contributed by atoms with Gasteiger partial charge in [-0.15, -0.1) is 22.9 Å². The zero-order valence-corrected chi connectivity index (χ0v) is 12.4. The molecule has 0 amide bonds. The van der Waals surface area contributed by atoms with Crippen molar-refractivity contribution in [2.45, 2.75) is 51.6 Å². The summed E-state index contributed by atoms with van der Waals surface area (Å²) in [7, 11) is 0. The van der Waals surface area contributed by atoms with Gasteiger partial charge in [0.15, 0.2) is 0 Å².